The minimum atomic E-state index is -0.805. The number of benzene rings is 1. The van der Waals surface area contributed by atoms with E-state index in [0.29, 0.717) is 5.56 Å². The van der Waals surface area contributed by atoms with Crippen molar-refractivity contribution in [3.8, 4) is 0 Å². The zero-order valence-corrected chi connectivity index (χ0v) is 19.1. The summed E-state index contributed by atoms with van der Waals surface area (Å²) in [6, 6.07) is 4.84. The number of non-ortho nitro benzene ring substituents is 1. The van der Waals surface area contributed by atoms with Crippen LogP contribution in [-0.2, 0) is 30.6 Å². The Hall–Kier alpha value is -3.85. The third-order valence-corrected chi connectivity index (χ3v) is 6.67. The fraction of sp³-hybridized carbons (Fsp3) is 0.263. The Bertz CT molecular complexity index is 1180. The minimum absolute atomic E-state index is 0.0608. The number of hydrogen-bond donors (Lipinski definition) is 1. The third kappa shape index (κ3) is 4.74. The summed E-state index contributed by atoms with van der Waals surface area (Å²) in [6.07, 6.45) is 1.42. The van der Waals surface area contributed by atoms with E-state index in [4.69, 9.17) is 9.57 Å². The zero-order chi connectivity index (χ0) is 24.2. The lowest BCUT2D eigenvalue weighted by atomic mass is 10.1. The SMILES string of the molecule is CON=C(C(=O)NC1C(=O)N2C=C(C(=O)OCc3ccc([N+](=O)[O-])cc3)CS[C@H]12)c1csnn1. The quantitative estimate of drug-likeness (QED) is 0.179. The second-order valence-corrected chi connectivity index (χ2v) is 8.68. The maximum absolute atomic E-state index is 12.6. The topological polar surface area (TPSA) is 166 Å². The number of hydrogen-bond acceptors (Lipinski definition) is 12. The molecular formula is C19H16N6O7S2. The molecule has 0 radical (unpaired) electrons. The van der Waals surface area contributed by atoms with E-state index in [1.807, 2.05) is 0 Å². The summed E-state index contributed by atoms with van der Waals surface area (Å²) >= 11 is 2.34. The van der Waals surface area contributed by atoms with Gasteiger partial charge in [-0.2, -0.15) is 0 Å². The van der Waals surface area contributed by atoms with Crippen molar-refractivity contribution in [3.63, 3.8) is 0 Å². The molecule has 1 unspecified atom stereocenters. The smallest absolute Gasteiger partial charge is 0.336 e. The summed E-state index contributed by atoms with van der Waals surface area (Å²) in [4.78, 5) is 53.9. The standard InChI is InChI=1S/C19H16N6O7S2/c1-31-22-14(13-9-34-23-21-13)16(26)20-15-17(27)24-6-11(8-33-18(15)24)19(28)32-7-10-2-4-12(5-3-10)25(29)30/h2-6,9,15,18H,7-8H2,1H3,(H,20,26)/t15?,18-/m1/s1. The fourth-order valence-corrected chi connectivity index (χ4v) is 4.84. The van der Waals surface area contributed by atoms with Gasteiger partial charge in [-0.1, -0.05) is 9.64 Å². The molecule has 13 nitrogen and oxygen atoms in total. The summed E-state index contributed by atoms with van der Waals surface area (Å²) in [7, 11) is 1.29. The normalized spacial score (nSPS) is 19.4. The zero-order valence-electron chi connectivity index (χ0n) is 17.4. The number of β-lactam (4-membered cyclic amide) rings is 1. The van der Waals surface area contributed by atoms with Crippen molar-refractivity contribution in [3.05, 3.63) is 62.8 Å². The minimum Gasteiger partial charge on any atom is -0.457 e. The molecule has 2 aliphatic heterocycles. The van der Waals surface area contributed by atoms with E-state index in [1.54, 1.807) is 0 Å². The van der Waals surface area contributed by atoms with Crippen LogP contribution in [0.4, 0.5) is 5.69 Å². The van der Waals surface area contributed by atoms with E-state index in [9.17, 15) is 24.5 Å². The average molecular weight is 505 g/mol. The second kappa shape index (κ2) is 9.96. The number of oxime groups is 1. The molecule has 15 heteroatoms. The van der Waals surface area contributed by atoms with Crippen LogP contribution in [0.15, 0.2) is 46.6 Å². The number of thioether (sulfide) groups is 1. The van der Waals surface area contributed by atoms with Crippen molar-refractivity contribution in [1.29, 1.82) is 0 Å². The van der Waals surface area contributed by atoms with Crippen LogP contribution in [0.25, 0.3) is 0 Å². The van der Waals surface area contributed by atoms with Gasteiger partial charge in [-0.25, -0.2) is 4.79 Å². The molecule has 176 valence electrons. The largest absolute Gasteiger partial charge is 0.457 e. The van der Waals surface area contributed by atoms with Gasteiger partial charge in [-0.05, 0) is 29.2 Å². The number of carbonyl (C=O) groups is 3. The first-order valence-corrected chi connectivity index (χ1v) is 11.5. The van der Waals surface area contributed by atoms with Crippen molar-refractivity contribution in [2.45, 2.75) is 18.0 Å². The number of nitrogens with one attached hydrogen (secondary N) is 1. The summed E-state index contributed by atoms with van der Waals surface area (Å²) in [6.45, 7) is -0.0675. The molecule has 2 aromatic rings. The first-order valence-electron chi connectivity index (χ1n) is 9.63. The van der Waals surface area contributed by atoms with E-state index in [-0.39, 0.29) is 46.3 Å². The number of rotatable bonds is 8. The van der Waals surface area contributed by atoms with Crippen LogP contribution in [0, 0.1) is 10.1 Å². The highest BCUT2D eigenvalue weighted by molar-refractivity contribution is 8.00. The lowest BCUT2D eigenvalue weighted by molar-refractivity contribution is -0.384. The Morgan fingerprint density at radius 3 is 2.76 bits per heavy atom. The van der Waals surface area contributed by atoms with Crippen LogP contribution < -0.4 is 5.32 Å². The van der Waals surface area contributed by atoms with Crippen molar-refractivity contribution >= 4 is 52.5 Å². The number of fused-ring (bicyclic) bond motifs is 1. The molecule has 0 saturated carbocycles. The predicted molar refractivity (Wildman–Crippen MR) is 119 cm³/mol. The van der Waals surface area contributed by atoms with Crippen molar-refractivity contribution in [1.82, 2.24) is 19.8 Å². The first kappa shape index (κ1) is 23.3. The molecule has 2 atom stereocenters. The second-order valence-electron chi connectivity index (χ2n) is 6.96. The Kier molecular flexibility index (Phi) is 6.83. The van der Waals surface area contributed by atoms with Gasteiger partial charge in [0.2, 0.25) is 0 Å². The number of carbonyl (C=O) groups excluding carboxylic acids is 3. The predicted octanol–water partition coefficient (Wildman–Crippen LogP) is 0.824. The number of nitrogens with zero attached hydrogens (tertiary/aromatic N) is 5. The Morgan fingerprint density at radius 1 is 1.35 bits per heavy atom. The van der Waals surface area contributed by atoms with Gasteiger partial charge in [0.15, 0.2) is 5.71 Å². The van der Waals surface area contributed by atoms with E-state index in [2.05, 4.69) is 20.1 Å². The fourth-order valence-electron chi connectivity index (χ4n) is 3.15. The molecule has 0 bridgehead atoms. The maximum atomic E-state index is 12.6. The number of nitro groups is 1. The van der Waals surface area contributed by atoms with E-state index < -0.39 is 22.8 Å². The number of amides is 2. The molecule has 4 rings (SSSR count). The maximum Gasteiger partial charge on any atom is 0.336 e. The summed E-state index contributed by atoms with van der Waals surface area (Å²) < 4.78 is 8.95. The van der Waals surface area contributed by atoms with Gasteiger partial charge in [-0.3, -0.25) is 19.7 Å². The molecule has 1 saturated heterocycles. The summed E-state index contributed by atoms with van der Waals surface area (Å²) in [5, 5.41) is 21.9. The van der Waals surface area contributed by atoms with Gasteiger partial charge in [0.05, 0.1) is 10.5 Å². The number of aromatic nitrogens is 2. The molecule has 2 aliphatic rings. The Labute approximate surface area is 200 Å². The van der Waals surface area contributed by atoms with Gasteiger partial charge >= 0.3 is 5.97 Å². The monoisotopic (exact) mass is 504 g/mol. The van der Waals surface area contributed by atoms with Crippen LogP contribution in [0.1, 0.15) is 11.3 Å². The Balaban J connectivity index is 1.34. The molecule has 1 aromatic carbocycles. The number of nitro benzene ring substituents is 1. The first-order chi connectivity index (χ1) is 16.4. The molecule has 1 N–H and O–H groups in total. The van der Waals surface area contributed by atoms with E-state index in [1.165, 1.54) is 59.6 Å². The van der Waals surface area contributed by atoms with Crippen LogP contribution in [0.3, 0.4) is 0 Å². The van der Waals surface area contributed by atoms with Gasteiger partial charge in [0.1, 0.15) is 30.8 Å². The van der Waals surface area contributed by atoms with Gasteiger partial charge in [0, 0.05) is 29.5 Å². The Morgan fingerprint density at radius 2 is 2.12 bits per heavy atom. The molecule has 34 heavy (non-hydrogen) atoms. The number of ether oxygens (including phenoxy) is 1. The van der Waals surface area contributed by atoms with Crippen molar-refractivity contribution in [2.75, 3.05) is 12.9 Å². The third-order valence-electron chi connectivity index (χ3n) is 4.85. The van der Waals surface area contributed by atoms with Crippen LogP contribution in [-0.4, -0.2) is 67.2 Å². The van der Waals surface area contributed by atoms with E-state index in [0.717, 1.165) is 11.5 Å². The molecule has 0 spiro atoms. The number of esters is 1. The van der Waals surface area contributed by atoms with Gasteiger partial charge < -0.3 is 19.8 Å². The molecule has 0 aliphatic carbocycles. The van der Waals surface area contributed by atoms with Crippen molar-refractivity contribution < 1.29 is 28.9 Å². The van der Waals surface area contributed by atoms with Gasteiger partial charge in [-0.15, -0.1) is 16.9 Å². The lowest BCUT2D eigenvalue weighted by Gasteiger charge is -2.47. The van der Waals surface area contributed by atoms with Crippen molar-refractivity contribution in [2.24, 2.45) is 5.16 Å². The molecular weight excluding hydrogens is 488 g/mol. The van der Waals surface area contributed by atoms with Crippen LogP contribution in [0.5, 0.6) is 0 Å². The molecule has 2 amide bonds. The van der Waals surface area contributed by atoms with Crippen LogP contribution in [0.2, 0.25) is 0 Å². The highest BCUT2D eigenvalue weighted by Gasteiger charge is 2.50. The highest BCUT2D eigenvalue weighted by Crippen LogP contribution is 2.36. The average Bonchev–Trinajstić information content (AvgIpc) is 3.38. The van der Waals surface area contributed by atoms with Crippen LogP contribution >= 0.6 is 23.3 Å². The van der Waals surface area contributed by atoms with E-state index >= 15 is 0 Å². The summed E-state index contributed by atoms with van der Waals surface area (Å²) in [5.74, 6) is -1.35. The van der Waals surface area contributed by atoms with Gasteiger partial charge in [0.25, 0.3) is 17.5 Å². The highest BCUT2D eigenvalue weighted by atomic mass is 32.2. The summed E-state index contributed by atoms with van der Waals surface area (Å²) in [5.41, 5.74) is 0.940. The lowest BCUT2D eigenvalue weighted by Crippen LogP contribution is -2.69. The molecule has 1 fully saturated rings. The molecule has 3 heterocycles. The molecule has 1 aromatic heterocycles.